The Hall–Kier alpha value is -1.62. The Morgan fingerprint density at radius 2 is 2.38 bits per heavy atom. The molecular weight excluding hydrogens is 202 g/mol. The number of nitrogens with zero attached hydrogens (tertiary/aromatic N) is 3. The fourth-order valence-corrected chi connectivity index (χ4v) is 1.62. The number of nitrogens with one attached hydrogen (secondary N) is 1. The van der Waals surface area contributed by atoms with Crippen molar-refractivity contribution in [2.75, 3.05) is 11.9 Å². The van der Waals surface area contributed by atoms with Crippen molar-refractivity contribution in [3.05, 3.63) is 24.5 Å². The summed E-state index contributed by atoms with van der Waals surface area (Å²) in [6, 6.07) is 3.96. The van der Waals surface area contributed by atoms with Crippen molar-refractivity contribution in [2.45, 2.75) is 25.8 Å². The van der Waals surface area contributed by atoms with E-state index in [2.05, 4.69) is 22.3 Å². The highest BCUT2D eigenvalue weighted by Crippen LogP contribution is 2.06. The van der Waals surface area contributed by atoms with Gasteiger partial charge in [-0.2, -0.15) is 5.10 Å². The molecule has 1 atom stereocenters. The molecule has 0 radical (unpaired) electrons. The third-order valence-electron chi connectivity index (χ3n) is 2.46. The maximum Gasteiger partial charge on any atom is 0.157 e. The number of hydrogen-bond donors (Lipinski definition) is 2. The van der Waals surface area contributed by atoms with E-state index >= 15 is 0 Å². The maximum absolute atomic E-state index is 5.92. The van der Waals surface area contributed by atoms with Crippen LogP contribution in [0.2, 0.25) is 0 Å². The monoisotopic (exact) mass is 219 g/mol. The summed E-state index contributed by atoms with van der Waals surface area (Å²) in [5.74, 6) is 0.847. The first-order valence-electron chi connectivity index (χ1n) is 5.59. The fraction of sp³-hybridized carbons (Fsp3) is 0.455. The summed E-state index contributed by atoms with van der Waals surface area (Å²) in [6.45, 7) is 2.89. The topological polar surface area (TPSA) is 68.2 Å². The van der Waals surface area contributed by atoms with Gasteiger partial charge in [-0.3, -0.25) is 0 Å². The molecule has 0 spiro atoms. The van der Waals surface area contributed by atoms with Gasteiger partial charge >= 0.3 is 0 Å². The standard InChI is InChI=1S/C11H17N5/c1-2-3-9(12)8-13-10-5-7-16-11(15-10)4-6-14-16/h4-7,9H,2-3,8,12H2,1H3,(H,13,15). The van der Waals surface area contributed by atoms with Crippen LogP contribution in [0.15, 0.2) is 24.5 Å². The molecule has 2 aromatic rings. The van der Waals surface area contributed by atoms with E-state index < -0.39 is 0 Å². The summed E-state index contributed by atoms with van der Waals surface area (Å²) in [6.07, 6.45) is 5.75. The van der Waals surface area contributed by atoms with Gasteiger partial charge in [0.1, 0.15) is 5.82 Å². The lowest BCUT2D eigenvalue weighted by Crippen LogP contribution is -2.29. The van der Waals surface area contributed by atoms with Gasteiger partial charge < -0.3 is 11.1 Å². The van der Waals surface area contributed by atoms with Crippen molar-refractivity contribution in [1.82, 2.24) is 14.6 Å². The van der Waals surface area contributed by atoms with Gasteiger partial charge in [0.05, 0.1) is 6.20 Å². The van der Waals surface area contributed by atoms with Gasteiger partial charge in [-0.15, -0.1) is 0 Å². The van der Waals surface area contributed by atoms with Crippen molar-refractivity contribution in [2.24, 2.45) is 5.73 Å². The number of anilines is 1. The number of rotatable bonds is 5. The molecule has 86 valence electrons. The Kier molecular flexibility index (Phi) is 3.36. The Balaban J connectivity index is 1.98. The zero-order chi connectivity index (χ0) is 11.4. The largest absolute Gasteiger partial charge is 0.368 e. The molecule has 2 heterocycles. The fourth-order valence-electron chi connectivity index (χ4n) is 1.62. The first kappa shape index (κ1) is 10.9. The van der Waals surface area contributed by atoms with Crippen LogP contribution in [0, 0.1) is 0 Å². The summed E-state index contributed by atoms with van der Waals surface area (Å²) >= 11 is 0. The average molecular weight is 219 g/mol. The van der Waals surface area contributed by atoms with E-state index in [0.717, 1.165) is 30.9 Å². The molecule has 2 aromatic heterocycles. The van der Waals surface area contributed by atoms with Gasteiger partial charge in [-0.25, -0.2) is 9.50 Å². The van der Waals surface area contributed by atoms with Crippen LogP contribution in [-0.2, 0) is 0 Å². The van der Waals surface area contributed by atoms with Crippen molar-refractivity contribution in [3.63, 3.8) is 0 Å². The van der Waals surface area contributed by atoms with E-state index in [9.17, 15) is 0 Å². The lowest BCUT2D eigenvalue weighted by Gasteiger charge is -2.11. The molecule has 0 aliphatic rings. The first-order valence-corrected chi connectivity index (χ1v) is 5.59. The van der Waals surface area contributed by atoms with Gasteiger partial charge in [0.2, 0.25) is 0 Å². The second-order valence-corrected chi connectivity index (χ2v) is 3.88. The van der Waals surface area contributed by atoms with E-state index in [-0.39, 0.29) is 6.04 Å². The minimum absolute atomic E-state index is 0.188. The number of aromatic nitrogens is 3. The number of hydrogen-bond acceptors (Lipinski definition) is 4. The molecule has 0 fully saturated rings. The van der Waals surface area contributed by atoms with E-state index in [4.69, 9.17) is 5.73 Å². The van der Waals surface area contributed by atoms with E-state index in [1.54, 1.807) is 10.7 Å². The SMILES string of the molecule is CCCC(N)CNc1ccn2nccc2n1. The van der Waals surface area contributed by atoms with Gasteiger partial charge in [-0.1, -0.05) is 13.3 Å². The highest BCUT2D eigenvalue weighted by atomic mass is 15.2. The Morgan fingerprint density at radius 3 is 3.19 bits per heavy atom. The number of fused-ring (bicyclic) bond motifs is 1. The molecule has 16 heavy (non-hydrogen) atoms. The molecule has 0 aliphatic heterocycles. The molecule has 0 aromatic carbocycles. The molecule has 0 bridgehead atoms. The van der Waals surface area contributed by atoms with Crippen molar-refractivity contribution < 1.29 is 0 Å². The van der Waals surface area contributed by atoms with Crippen LogP contribution >= 0.6 is 0 Å². The van der Waals surface area contributed by atoms with Crippen LogP contribution in [0.4, 0.5) is 5.82 Å². The quantitative estimate of drug-likeness (QED) is 0.794. The van der Waals surface area contributed by atoms with Crippen molar-refractivity contribution >= 4 is 11.5 Å². The highest BCUT2D eigenvalue weighted by molar-refractivity contribution is 5.45. The molecule has 0 saturated carbocycles. The summed E-state index contributed by atoms with van der Waals surface area (Å²) in [5.41, 5.74) is 6.76. The van der Waals surface area contributed by atoms with Crippen LogP contribution in [0.1, 0.15) is 19.8 Å². The van der Waals surface area contributed by atoms with Gasteiger partial charge in [0.15, 0.2) is 5.65 Å². The highest BCUT2D eigenvalue weighted by Gasteiger charge is 2.02. The molecule has 1 unspecified atom stereocenters. The zero-order valence-corrected chi connectivity index (χ0v) is 9.43. The maximum atomic E-state index is 5.92. The first-order chi connectivity index (χ1) is 7.79. The van der Waals surface area contributed by atoms with Gasteiger partial charge in [0, 0.05) is 24.8 Å². The van der Waals surface area contributed by atoms with Gasteiger partial charge in [-0.05, 0) is 12.5 Å². The molecule has 2 rings (SSSR count). The normalized spacial score (nSPS) is 12.9. The smallest absolute Gasteiger partial charge is 0.157 e. The zero-order valence-electron chi connectivity index (χ0n) is 9.43. The lowest BCUT2D eigenvalue weighted by molar-refractivity contribution is 0.626. The van der Waals surface area contributed by atoms with Crippen molar-refractivity contribution in [1.29, 1.82) is 0 Å². The second kappa shape index (κ2) is 4.94. The molecule has 0 amide bonds. The number of nitrogens with two attached hydrogens (primary N) is 1. The van der Waals surface area contributed by atoms with Crippen LogP contribution < -0.4 is 11.1 Å². The molecule has 3 N–H and O–H groups in total. The third-order valence-corrected chi connectivity index (χ3v) is 2.46. The Labute approximate surface area is 94.7 Å². The summed E-state index contributed by atoms with van der Waals surface area (Å²) in [4.78, 5) is 4.40. The molecule has 0 aliphatic carbocycles. The summed E-state index contributed by atoms with van der Waals surface area (Å²) in [5, 5.41) is 7.32. The Bertz CT molecular complexity index is 450. The van der Waals surface area contributed by atoms with Crippen LogP contribution in [0.5, 0.6) is 0 Å². The minimum atomic E-state index is 0.188. The van der Waals surface area contributed by atoms with E-state index in [1.165, 1.54) is 0 Å². The summed E-state index contributed by atoms with van der Waals surface area (Å²) < 4.78 is 1.73. The average Bonchev–Trinajstić information content (AvgIpc) is 2.74. The summed E-state index contributed by atoms with van der Waals surface area (Å²) in [7, 11) is 0. The predicted octanol–water partition coefficient (Wildman–Crippen LogP) is 1.27. The van der Waals surface area contributed by atoms with Crippen molar-refractivity contribution in [3.8, 4) is 0 Å². The van der Waals surface area contributed by atoms with Crippen LogP contribution in [-0.4, -0.2) is 27.2 Å². The second-order valence-electron chi connectivity index (χ2n) is 3.88. The molecule has 5 heteroatoms. The van der Waals surface area contributed by atoms with E-state index in [1.807, 2.05) is 18.3 Å². The Morgan fingerprint density at radius 1 is 1.50 bits per heavy atom. The van der Waals surface area contributed by atoms with Crippen LogP contribution in [0.3, 0.4) is 0 Å². The molecule has 5 nitrogen and oxygen atoms in total. The lowest BCUT2D eigenvalue weighted by atomic mass is 10.2. The van der Waals surface area contributed by atoms with Gasteiger partial charge in [0.25, 0.3) is 0 Å². The molecule has 0 saturated heterocycles. The van der Waals surface area contributed by atoms with E-state index in [0.29, 0.717) is 0 Å². The van der Waals surface area contributed by atoms with Crippen LogP contribution in [0.25, 0.3) is 5.65 Å². The minimum Gasteiger partial charge on any atom is -0.368 e. The predicted molar refractivity (Wildman–Crippen MR) is 64.4 cm³/mol. The third kappa shape index (κ3) is 2.49. The molecular formula is C11H17N5.